The quantitative estimate of drug-likeness (QED) is 0.533. The van der Waals surface area contributed by atoms with E-state index in [0.717, 1.165) is 16.8 Å². The van der Waals surface area contributed by atoms with E-state index in [1.165, 1.54) is 18.2 Å². The summed E-state index contributed by atoms with van der Waals surface area (Å²) < 4.78 is 31.0. The van der Waals surface area contributed by atoms with Crippen molar-refractivity contribution in [1.29, 1.82) is 0 Å². The van der Waals surface area contributed by atoms with Gasteiger partial charge in [0, 0.05) is 29.8 Å². The van der Waals surface area contributed by atoms with Gasteiger partial charge in [-0.1, -0.05) is 6.07 Å². The van der Waals surface area contributed by atoms with Gasteiger partial charge in [0.1, 0.15) is 17.7 Å². The number of aromatic nitrogens is 2. The number of carbonyl (C=O) groups is 1. The molecule has 3 aromatic rings. The maximum absolute atomic E-state index is 14.3. The third-order valence-corrected chi connectivity index (χ3v) is 5.53. The van der Waals surface area contributed by atoms with E-state index in [1.807, 2.05) is 19.9 Å². The van der Waals surface area contributed by atoms with Crippen LogP contribution in [0.4, 0.5) is 4.39 Å². The Morgan fingerprint density at radius 1 is 1.21 bits per heavy atom. The van der Waals surface area contributed by atoms with Gasteiger partial charge in [0.25, 0.3) is 0 Å². The van der Waals surface area contributed by atoms with Crippen LogP contribution in [0, 0.1) is 19.7 Å². The molecule has 0 saturated heterocycles. The Morgan fingerprint density at radius 3 is 2.76 bits per heavy atom. The van der Waals surface area contributed by atoms with Crippen LogP contribution in [0.15, 0.2) is 42.6 Å². The van der Waals surface area contributed by atoms with E-state index in [-0.39, 0.29) is 24.4 Å². The molecular weight excluding hydrogens is 437 g/mol. The molecule has 0 bridgehead atoms. The van der Waals surface area contributed by atoms with Crippen LogP contribution in [0.1, 0.15) is 22.5 Å². The van der Waals surface area contributed by atoms with Crippen LogP contribution < -0.4 is 19.5 Å². The molecule has 7 nitrogen and oxygen atoms in total. The number of rotatable bonds is 7. The molecular formula is C26H26FN3O4. The minimum Gasteiger partial charge on any atom is -0.493 e. The SMILES string of the molecule is COc1ccc(C=CC(=O)NCC2Cc3cc(F)cc(-c4nc(C)cnc4C)c3O2)cc1OC. The van der Waals surface area contributed by atoms with Crippen molar-refractivity contribution in [2.24, 2.45) is 0 Å². The lowest BCUT2D eigenvalue weighted by molar-refractivity contribution is -0.116. The number of methoxy groups -OCH3 is 2. The first-order chi connectivity index (χ1) is 16.4. The molecule has 2 aromatic carbocycles. The first-order valence-electron chi connectivity index (χ1n) is 10.9. The monoisotopic (exact) mass is 463 g/mol. The van der Waals surface area contributed by atoms with Gasteiger partial charge < -0.3 is 19.5 Å². The number of fused-ring (bicyclic) bond motifs is 1. The van der Waals surface area contributed by atoms with E-state index in [9.17, 15) is 9.18 Å². The van der Waals surface area contributed by atoms with Crippen LogP contribution in [-0.2, 0) is 11.2 Å². The number of hydrogen-bond acceptors (Lipinski definition) is 6. The van der Waals surface area contributed by atoms with Gasteiger partial charge in [-0.05, 0) is 49.8 Å². The van der Waals surface area contributed by atoms with Gasteiger partial charge in [-0.2, -0.15) is 0 Å². The lowest BCUT2D eigenvalue weighted by Gasteiger charge is -2.14. The Balaban J connectivity index is 1.42. The maximum Gasteiger partial charge on any atom is 0.244 e. The fourth-order valence-electron chi connectivity index (χ4n) is 3.88. The lowest BCUT2D eigenvalue weighted by atomic mass is 10.0. The zero-order chi connectivity index (χ0) is 24.2. The standard InChI is InChI=1S/C26H26FN3O4/c1-15-13-28-16(2)25(30-15)21-12-19(27)10-18-11-20(34-26(18)21)14-29-24(31)8-6-17-5-7-22(32-3)23(9-17)33-4/h5-10,12-13,20H,11,14H2,1-4H3,(H,29,31). The minimum atomic E-state index is -0.359. The molecule has 1 aliphatic heterocycles. The molecule has 176 valence electrons. The molecule has 0 saturated carbocycles. The number of carbonyl (C=O) groups excluding carboxylic acids is 1. The van der Waals surface area contributed by atoms with Crippen LogP contribution in [0.3, 0.4) is 0 Å². The first-order valence-corrected chi connectivity index (χ1v) is 10.9. The lowest BCUT2D eigenvalue weighted by Crippen LogP contribution is -2.33. The van der Waals surface area contributed by atoms with Gasteiger partial charge >= 0.3 is 0 Å². The van der Waals surface area contributed by atoms with E-state index in [2.05, 4.69) is 15.3 Å². The Bertz CT molecular complexity index is 1260. The Kier molecular flexibility index (Phi) is 6.77. The highest BCUT2D eigenvalue weighted by molar-refractivity contribution is 5.91. The average Bonchev–Trinajstić information content (AvgIpc) is 3.25. The number of ether oxygens (including phenoxy) is 3. The zero-order valence-electron chi connectivity index (χ0n) is 19.5. The number of amides is 1. The molecule has 1 aliphatic rings. The Morgan fingerprint density at radius 2 is 2.00 bits per heavy atom. The Labute approximate surface area is 197 Å². The molecule has 0 spiro atoms. The van der Waals surface area contributed by atoms with Crippen molar-refractivity contribution in [3.8, 4) is 28.5 Å². The molecule has 1 amide bonds. The molecule has 8 heteroatoms. The maximum atomic E-state index is 14.3. The van der Waals surface area contributed by atoms with Crippen molar-refractivity contribution in [2.75, 3.05) is 20.8 Å². The summed E-state index contributed by atoms with van der Waals surface area (Å²) in [6.07, 6.45) is 4.98. The van der Waals surface area contributed by atoms with Crippen LogP contribution >= 0.6 is 0 Å². The highest BCUT2D eigenvalue weighted by Gasteiger charge is 2.28. The molecule has 0 radical (unpaired) electrons. The van der Waals surface area contributed by atoms with Crippen LogP contribution in [0.2, 0.25) is 0 Å². The molecule has 2 heterocycles. The number of hydrogen-bond donors (Lipinski definition) is 1. The second-order valence-corrected chi connectivity index (χ2v) is 8.02. The van der Waals surface area contributed by atoms with Crippen LogP contribution in [0.25, 0.3) is 17.3 Å². The second kappa shape index (κ2) is 9.91. The van der Waals surface area contributed by atoms with Crippen LogP contribution in [0.5, 0.6) is 17.2 Å². The van der Waals surface area contributed by atoms with E-state index in [4.69, 9.17) is 14.2 Å². The zero-order valence-corrected chi connectivity index (χ0v) is 19.5. The summed E-state index contributed by atoms with van der Waals surface area (Å²) in [5, 5.41) is 2.85. The molecule has 1 N–H and O–H groups in total. The molecule has 4 rings (SSSR count). The van der Waals surface area contributed by atoms with Crippen LogP contribution in [-0.4, -0.2) is 42.7 Å². The second-order valence-electron chi connectivity index (χ2n) is 8.02. The number of benzene rings is 2. The van der Waals surface area contributed by atoms with Gasteiger partial charge in [0.15, 0.2) is 11.5 Å². The number of nitrogens with zero attached hydrogens (tertiary/aromatic N) is 2. The fourth-order valence-corrected chi connectivity index (χ4v) is 3.88. The fraction of sp³-hybridized carbons (Fsp3) is 0.269. The summed E-state index contributed by atoms with van der Waals surface area (Å²) in [5.74, 6) is 1.16. The largest absolute Gasteiger partial charge is 0.493 e. The summed E-state index contributed by atoms with van der Waals surface area (Å²) >= 11 is 0. The van der Waals surface area contributed by atoms with E-state index >= 15 is 0 Å². The van der Waals surface area contributed by atoms with Crippen molar-refractivity contribution < 1.29 is 23.4 Å². The highest BCUT2D eigenvalue weighted by atomic mass is 19.1. The summed E-state index contributed by atoms with van der Waals surface area (Å²) in [6, 6.07) is 8.27. The van der Waals surface area contributed by atoms with Gasteiger partial charge in [-0.25, -0.2) is 9.37 Å². The van der Waals surface area contributed by atoms with Crippen molar-refractivity contribution in [1.82, 2.24) is 15.3 Å². The predicted octanol–water partition coefficient (Wildman–Crippen LogP) is 4.05. The summed E-state index contributed by atoms with van der Waals surface area (Å²) in [6.45, 7) is 3.95. The third-order valence-electron chi connectivity index (χ3n) is 5.53. The van der Waals surface area contributed by atoms with Crippen molar-refractivity contribution in [3.63, 3.8) is 0 Å². The molecule has 0 aliphatic carbocycles. The minimum absolute atomic E-state index is 0.263. The van der Waals surface area contributed by atoms with E-state index in [1.54, 1.807) is 38.6 Å². The highest BCUT2D eigenvalue weighted by Crippen LogP contribution is 2.39. The van der Waals surface area contributed by atoms with Crippen molar-refractivity contribution in [2.45, 2.75) is 26.4 Å². The van der Waals surface area contributed by atoms with Gasteiger partial charge in [-0.15, -0.1) is 0 Å². The van der Waals surface area contributed by atoms with Crippen molar-refractivity contribution in [3.05, 3.63) is 70.9 Å². The predicted molar refractivity (Wildman–Crippen MR) is 127 cm³/mol. The first kappa shape index (κ1) is 23.2. The Hall–Kier alpha value is -3.94. The number of halogens is 1. The van der Waals surface area contributed by atoms with Gasteiger partial charge in [0.05, 0.1) is 37.8 Å². The smallest absolute Gasteiger partial charge is 0.244 e. The van der Waals surface area contributed by atoms with Gasteiger partial charge in [-0.3, -0.25) is 9.78 Å². The molecule has 34 heavy (non-hydrogen) atoms. The molecule has 0 fully saturated rings. The normalized spacial score (nSPS) is 14.6. The van der Waals surface area contributed by atoms with Crippen molar-refractivity contribution >= 4 is 12.0 Å². The number of aryl methyl sites for hydroxylation is 2. The average molecular weight is 464 g/mol. The third kappa shape index (κ3) is 5.01. The molecule has 1 aromatic heterocycles. The summed E-state index contributed by atoms with van der Waals surface area (Å²) in [7, 11) is 3.12. The van der Waals surface area contributed by atoms with Gasteiger partial charge in [0.2, 0.25) is 5.91 Å². The molecule has 1 atom stereocenters. The summed E-state index contributed by atoms with van der Waals surface area (Å²) in [5.41, 5.74) is 4.15. The number of nitrogens with one attached hydrogen (secondary N) is 1. The molecule has 1 unspecified atom stereocenters. The van der Waals surface area contributed by atoms with E-state index in [0.29, 0.717) is 40.6 Å². The topological polar surface area (TPSA) is 82.6 Å². The van der Waals surface area contributed by atoms with E-state index < -0.39 is 0 Å². The summed E-state index contributed by atoms with van der Waals surface area (Å²) in [4.78, 5) is 21.2.